The summed E-state index contributed by atoms with van der Waals surface area (Å²) in [6.07, 6.45) is 3.69. The maximum atomic E-state index is 12.6. The lowest BCUT2D eigenvalue weighted by atomic mass is 10.2. The summed E-state index contributed by atoms with van der Waals surface area (Å²) in [5.74, 6) is 0.565. The number of pyridine rings is 1. The van der Waals surface area contributed by atoms with E-state index in [2.05, 4.69) is 10.3 Å². The molecule has 15 heteroatoms. The van der Waals surface area contributed by atoms with Crippen molar-refractivity contribution in [2.24, 2.45) is 0 Å². The Morgan fingerprint density at radius 2 is 1.92 bits per heavy atom. The molecule has 13 nitrogen and oxygen atoms in total. The molecule has 4 rings (SSSR count). The van der Waals surface area contributed by atoms with Crippen molar-refractivity contribution < 1.29 is 32.4 Å². The van der Waals surface area contributed by atoms with Crippen molar-refractivity contribution in [3.05, 3.63) is 63.1 Å². The van der Waals surface area contributed by atoms with Gasteiger partial charge in [-0.2, -0.15) is 0 Å². The highest BCUT2D eigenvalue weighted by Crippen LogP contribution is 2.40. The first-order valence-electron chi connectivity index (χ1n) is 11.4. The summed E-state index contributed by atoms with van der Waals surface area (Å²) in [4.78, 5) is 38.4. The van der Waals surface area contributed by atoms with E-state index in [1.165, 1.54) is 26.3 Å². The molecule has 0 radical (unpaired) electrons. The van der Waals surface area contributed by atoms with Crippen LogP contribution in [0.3, 0.4) is 0 Å². The molecule has 0 unspecified atom stereocenters. The smallest absolute Gasteiger partial charge is 0.421 e. The number of nitrogens with one attached hydrogen (secondary N) is 2. The highest BCUT2D eigenvalue weighted by Gasteiger charge is 2.31. The SMILES string of the molecule is CC(C)(C)OC(=O)NS(=O)(=O)c1cc(Cl)c(NC(=O)OCc2cn3cc(C4CC4)ccc3n2)cc1[N+](=O)[O-]. The maximum absolute atomic E-state index is 12.6. The van der Waals surface area contributed by atoms with Crippen LogP contribution >= 0.6 is 11.6 Å². The monoisotopic (exact) mass is 565 g/mol. The second kappa shape index (κ2) is 10.1. The van der Waals surface area contributed by atoms with E-state index in [9.17, 15) is 28.1 Å². The standard InChI is InChI=1S/C23H24ClN5O8S/c1-23(2,3)37-22(31)27-38(34,35)19-8-16(24)17(9-18(19)29(32)33)26-21(30)36-12-15-11-28-10-14(13-4-5-13)6-7-20(28)25-15/h6-11,13H,4-5,12H2,1-3H3,(H,26,30)(H,27,31). The number of aromatic nitrogens is 2. The Hall–Kier alpha value is -3.91. The molecule has 0 aliphatic heterocycles. The number of nitro benzene ring substituents is 1. The van der Waals surface area contributed by atoms with E-state index in [0.717, 1.165) is 25.0 Å². The molecule has 1 aliphatic carbocycles. The first-order chi connectivity index (χ1) is 17.7. The van der Waals surface area contributed by atoms with E-state index in [1.54, 1.807) is 10.9 Å². The number of amides is 2. The molecule has 0 atom stereocenters. The third-order valence-electron chi connectivity index (χ3n) is 5.31. The fraction of sp³-hybridized carbons (Fsp3) is 0.348. The minimum atomic E-state index is -4.74. The van der Waals surface area contributed by atoms with E-state index < -0.39 is 43.3 Å². The van der Waals surface area contributed by atoms with Crippen molar-refractivity contribution in [3.8, 4) is 0 Å². The van der Waals surface area contributed by atoms with E-state index in [1.807, 2.05) is 22.7 Å². The number of fused-ring (bicyclic) bond motifs is 1. The third-order valence-corrected chi connectivity index (χ3v) is 6.97. The third kappa shape index (κ3) is 6.50. The number of hydrogen-bond donors (Lipinski definition) is 2. The Kier molecular flexibility index (Phi) is 7.21. The van der Waals surface area contributed by atoms with E-state index in [-0.39, 0.29) is 17.3 Å². The fourth-order valence-corrected chi connectivity index (χ4v) is 4.86. The second-order valence-electron chi connectivity index (χ2n) is 9.60. The molecule has 1 saturated carbocycles. The van der Waals surface area contributed by atoms with Gasteiger partial charge in [-0.3, -0.25) is 15.4 Å². The van der Waals surface area contributed by atoms with Gasteiger partial charge in [-0.05, 0) is 57.2 Å². The van der Waals surface area contributed by atoms with Gasteiger partial charge in [0.15, 0.2) is 4.90 Å². The highest BCUT2D eigenvalue weighted by molar-refractivity contribution is 7.90. The average Bonchev–Trinajstić information content (AvgIpc) is 3.56. The number of imidazole rings is 1. The van der Waals surface area contributed by atoms with Gasteiger partial charge in [-0.15, -0.1) is 0 Å². The molecule has 2 heterocycles. The minimum absolute atomic E-state index is 0.196. The van der Waals surface area contributed by atoms with Crippen molar-refractivity contribution in [3.63, 3.8) is 0 Å². The molecule has 1 aromatic carbocycles. The number of benzene rings is 1. The van der Waals surface area contributed by atoms with Crippen LogP contribution in [0.25, 0.3) is 5.65 Å². The zero-order chi connectivity index (χ0) is 27.8. The van der Waals surface area contributed by atoms with Gasteiger partial charge in [0, 0.05) is 18.5 Å². The summed E-state index contributed by atoms with van der Waals surface area (Å²) >= 11 is 6.10. The number of ether oxygens (including phenoxy) is 2. The molecule has 38 heavy (non-hydrogen) atoms. The molecule has 2 aromatic heterocycles. The molecule has 2 amide bonds. The fourth-order valence-electron chi connectivity index (χ4n) is 3.54. The van der Waals surface area contributed by atoms with Crippen molar-refractivity contribution in [2.75, 3.05) is 5.32 Å². The van der Waals surface area contributed by atoms with E-state index >= 15 is 0 Å². The van der Waals surface area contributed by atoms with Crippen LogP contribution in [0.5, 0.6) is 0 Å². The van der Waals surface area contributed by atoms with Gasteiger partial charge in [0.25, 0.3) is 15.7 Å². The normalized spacial score (nSPS) is 13.7. The molecule has 0 spiro atoms. The number of anilines is 1. The Balaban J connectivity index is 1.46. The van der Waals surface area contributed by atoms with Crippen LogP contribution in [0.1, 0.15) is 50.8 Å². The van der Waals surface area contributed by atoms with Crippen molar-refractivity contribution >= 4 is 50.8 Å². The summed E-state index contributed by atoms with van der Waals surface area (Å²) in [6.45, 7) is 4.34. The van der Waals surface area contributed by atoms with Gasteiger partial charge in [0.2, 0.25) is 0 Å². The Bertz CT molecular complexity index is 1540. The Morgan fingerprint density at radius 3 is 2.55 bits per heavy atom. The second-order valence-corrected chi connectivity index (χ2v) is 11.7. The van der Waals surface area contributed by atoms with E-state index in [4.69, 9.17) is 21.1 Å². The number of sulfonamides is 1. The van der Waals surface area contributed by atoms with Crippen LogP contribution in [0.15, 0.2) is 41.6 Å². The van der Waals surface area contributed by atoms with Crippen molar-refractivity contribution in [1.29, 1.82) is 0 Å². The molecule has 0 saturated heterocycles. The van der Waals surface area contributed by atoms with Crippen LogP contribution in [0.4, 0.5) is 21.0 Å². The van der Waals surface area contributed by atoms with Crippen LogP contribution in [-0.2, 0) is 26.1 Å². The lowest BCUT2D eigenvalue weighted by molar-refractivity contribution is -0.387. The molecular weight excluding hydrogens is 542 g/mol. The largest absolute Gasteiger partial charge is 0.443 e. The minimum Gasteiger partial charge on any atom is -0.443 e. The molecular formula is C23H24ClN5O8S. The van der Waals surface area contributed by atoms with Gasteiger partial charge in [-0.1, -0.05) is 17.7 Å². The summed E-state index contributed by atoms with van der Waals surface area (Å²) < 4.78 is 38.8. The van der Waals surface area contributed by atoms with Gasteiger partial charge in [0.1, 0.15) is 17.9 Å². The molecule has 202 valence electrons. The van der Waals surface area contributed by atoms with Crippen LogP contribution < -0.4 is 10.0 Å². The summed E-state index contributed by atoms with van der Waals surface area (Å²) in [6, 6.07) is 5.38. The predicted molar refractivity (Wildman–Crippen MR) is 136 cm³/mol. The average molecular weight is 566 g/mol. The van der Waals surface area contributed by atoms with Gasteiger partial charge >= 0.3 is 12.2 Å². The summed E-state index contributed by atoms with van der Waals surface area (Å²) in [5.41, 5.74) is 0.142. The topological polar surface area (TPSA) is 171 Å². The first-order valence-corrected chi connectivity index (χ1v) is 13.2. The Morgan fingerprint density at radius 1 is 1.21 bits per heavy atom. The number of carbonyl (C=O) groups is 2. The maximum Gasteiger partial charge on any atom is 0.421 e. The molecule has 1 aliphatic rings. The van der Waals surface area contributed by atoms with E-state index in [0.29, 0.717) is 17.3 Å². The number of halogens is 1. The van der Waals surface area contributed by atoms with Crippen LogP contribution in [0, 0.1) is 10.1 Å². The molecule has 3 aromatic rings. The number of carbonyl (C=O) groups excluding carboxylic acids is 2. The summed E-state index contributed by atoms with van der Waals surface area (Å²) in [5, 5.41) is 13.5. The van der Waals surface area contributed by atoms with Gasteiger partial charge in [0.05, 0.1) is 21.3 Å². The molecule has 2 N–H and O–H groups in total. The summed E-state index contributed by atoms with van der Waals surface area (Å²) in [7, 11) is -4.74. The van der Waals surface area contributed by atoms with Crippen molar-refractivity contribution in [1.82, 2.24) is 14.1 Å². The lowest BCUT2D eigenvalue weighted by Gasteiger charge is -2.19. The zero-order valence-electron chi connectivity index (χ0n) is 20.6. The van der Waals surface area contributed by atoms with Gasteiger partial charge < -0.3 is 13.9 Å². The molecule has 0 bridgehead atoms. The van der Waals surface area contributed by atoms with Crippen LogP contribution in [-0.4, -0.2) is 40.5 Å². The number of nitrogens with zero attached hydrogens (tertiary/aromatic N) is 3. The highest BCUT2D eigenvalue weighted by atomic mass is 35.5. The first kappa shape index (κ1) is 27.1. The molecule has 1 fully saturated rings. The van der Waals surface area contributed by atoms with Crippen LogP contribution in [0.2, 0.25) is 5.02 Å². The van der Waals surface area contributed by atoms with Gasteiger partial charge in [-0.25, -0.2) is 27.7 Å². The quantitative estimate of drug-likeness (QED) is 0.303. The number of rotatable bonds is 7. The number of nitro groups is 1. The zero-order valence-corrected chi connectivity index (χ0v) is 22.1. The van der Waals surface area contributed by atoms with Crippen molar-refractivity contribution in [2.45, 2.75) is 56.6 Å². The Labute approximate surface area is 222 Å². The number of hydrogen-bond acceptors (Lipinski definition) is 9. The predicted octanol–water partition coefficient (Wildman–Crippen LogP) is 4.74. The lowest BCUT2D eigenvalue weighted by Crippen LogP contribution is -2.36.